The minimum Gasteiger partial charge on any atom is -0.486 e. The highest BCUT2D eigenvalue weighted by Gasteiger charge is 2.13. The summed E-state index contributed by atoms with van der Waals surface area (Å²) >= 11 is 0. The molecule has 1 heterocycles. The Balaban J connectivity index is 1.36. The van der Waals surface area contributed by atoms with Gasteiger partial charge in [0.2, 0.25) is 5.91 Å². The second kappa shape index (κ2) is 10.6. The van der Waals surface area contributed by atoms with Crippen LogP contribution >= 0.6 is 0 Å². The summed E-state index contributed by atoms with van der Waals surface area (Å²) in [5.41, 5.74) is 6.07. The van der Waals surface area contributed by atoms with Gasteiger partial charge in [-0.25, -0.2) is 0 Å². The van der Waals surface area contributed by atoms with Crippen LogP contribution < -0.4 is 20.9 Å². The molecular weight excluding hydrogens is 398 g/mol. The second-order valence-corrected chi connectivity index (χ2v) is 6.75. The van der Waals surface area contributed by atoms with Gasteiger partial charge in [-0.2, -0.15) is 0 Å². The van der Waals surface area contributed by atoms with Gasteiger partial charge in [-0.05, 0) is 43.3 Å². The molecule has 0 aliphatic carbocycles. The first-order chi connectivity index (χ1) is 15.0. The summed E-state index contributed by atoms with van der Waals surface area (Å²) in [7, 11) is 0. The average molecular weight is 421 g/mol. The number of para-hydroxylation sites is 1. The first-order valence-electron chi connectivity index (χ1n) is 9.72. The number of carbonyl (C=O) groups is 3. The molecule has 2 aromatic carbocycles. The van der Waals surface area contributed by atoms with Gasteiger partial charge in [0, 0.05) is 18.5 Å². The Labute approximate surface area is 179 Å². The summed E-state index contributed by atoms with van der Waals surface area (Å²) in [6.07, 6.45) is 0.00611. The number of hydrogen-bond acceptors (Lipinski definition) is 5. The first kappa shape index (κ1) is 21.6. The molecule has 0 aliphatic rings. The number of ether oxygens (including phenoxy) is 1. The number of hydrazine groups is 1. The topological polar surface area (TPSA) is 110 Å². The van der Waals surface area contributed by atoms with Crippen molar-refractivity contribution in [3.63, 3.8) is 0 Å². The zero-order valence-electron chi connectivity index (χ0n) is 17.0. The highest BCUT2D eigenvalue weighted by Crippen LogP contribution is 2.13. The number of aryl methyl sites for hydroxylation is 1. The minimum atomic E-state index is -0.594. The van der Waals surface area contributed by atoms with E-state index in [4.69, 9.17) is 9.15 Å². The summed E-state index contributed by atoms with van der Waals surface area (Å²) in [6, 6.07) is 19.5. The van der Waals surface area contributed by atoms with E-state index in [0.29, 0.717) is 17.1 Å². The fourth-order valence-corrected chi connectivity index (χ4v) is 2.68. The number of rotatable bonds is 8. The summed E-state index contributed by atoms with van der Waals surface area (Å²) in [5.74, 6) is -0.105. The maximum Gasteiger partial charge on any atom is 0.305 e. The molecule has 0 unspecified atom stereocenters. The van der Waals surface area contributed by atoms with E-state index in [1.165, 1.54) is 6.07 Å². The predicted molar refractivity (Wildman–Crippen MR) is 113 cm³/mol. The molecule has 0 aliphatic heterocycles. The Bertz CT molecular complexity index is 1050. The van der Waals surface area contributed by atoms with Gasteiger partial charge < -0.3 is 14.5 Å². The third-order valence-electron chi connectivity index (χ3n) is 4.24. The van der Waals surface area contributed by atoms with Crippen molar-refractivity contribution in [1.82, 2.24) is 16.2 Å². The highest BCUT2D eigenvalue weighted by atomic mass is 16.5. The van der Waals surface area contributed by atoms with Crippen LogP contribution in [0.4, 0.5) is 0 Å². The van der Waals surface area contributed by atoms with E-state index >= 15 is 0 Å². The molecule has 0 spiro atoms. The van der Waals surface area contributed by atoms with Gasteiger partial charge in [0.15, 0.2) is 5.76 Å². The molecule has 3 N–H and O–H groups in total. The molecule has 0 saturated heterocycles. The maximum atomic E-state index is 12.1. The Hall–Kier alpha value is -4.07. The average Bonchev–Trinajstić information content (AvgIpc) is 3.26. The van der Waals surface area contributed by atoms with E-state index in [9.17, 15) is 14.4 Å². The number of furan rings is 1. The van der Waals surface area contributed by atoms with Crippen LogP contribution in [-0.4, -0.2) is 24.3 Å². The van der Waals surface area contributed by atoms with Gasteiger partial charge >= 0.3 is 5.91 Å². The van der Waals surface area contributed by atoms with E-state index in [2.05, 4.69) is 16.2 Å². The third-order valence-corrected chi connectivity index (χ3v) is 4.24. The fraction of sp³-hybridized carbons (Fsp3) is 0.174. The molecule has 0 saturated carbocycles. The molecular formula is C23H23N3O5. The molecule has 3 rings (SSSR count). The van der Waals surface area contributed by atoms with Gasteiger partial charge in [-0.1, -0.05) is 35.9 Å². The van der Waals surface area contributed by atoms with Crippen LogP contribution in [0.5, 0.6) is 5.75 Å². The fourth-order valence-electron chi connectivity index (χ4n) is 2.68. The lowest BCUT2D eigenvalue weighted by Gasteiger charge is -2.08. The van der Waals surface area contributed by atoms with Crippen molar-refractivity contribution in [3.05, 3.63) is 89.4 Å². The molecule has 31 heavy (non-hydrogen) atoms. The third kappa shape index (κ3) is 6.74. The van der Waals surface area contributed by atoms with Crippen molar-refractivity contribution in [3.8, 4) is 5.75 Å². The molecule has 160 valence electrons. The van der Waals surface area contributed by atoms with E-state index < -0.39 is 11.8 Å². The highest BCUT2D eigenvalue weighted by molar-refractivity contribution is 5.95. The Morgan fingerprint density at radius 2 is 1.71 bits per heavy atom. The van der Waals surface area contributed by atoms with Crippen LogP contribution in [0, 0.1) is 6.92 Å². The van der Waals surface area contributed by atoms with Crippen molar-refractivity contribution in [2.75, 3.05) is 6.54 Å². The largest absolute Gasteiger partial charge is 0.486 e. The van der Waals surface area contributed by atoms with Gasteiger partial charge in [0.05, 0.1) is 0 Å². The summed E-state index contributed by atoms with van der Waals surface area (Å²) in [4.78, 5) is 36.0. The smallest absolute Gasteiger partial charge is 0.305 e. The molecule has 8 nitrogen and oxygen atoms in total. The first-order valence-corrected chi connectivity index (χ1v) is 9.72. The lowest BCUT2D eigenvalue weighted by Crippen LogP contribution is -2.42. The number of nitrogens with one attached hydrogen (secondary N) is 3. The van der Waals surface area contributed by atoms with E-state index in [1.54, 1.807) is 24.3 Å². The van der Waals surface area contributed by atoms with E-state index in [1.807, 2.05) is 43.3 Å². The monoisotopic (exact) mass is 421 g/mol. The van der Waals surface area contributed by atoms with Gasteiger partial charge in [0.1, 0.15) is 18.1 Å². The number of carbonyl (C=O) groups excluding carboxylic acids is 3. The quantitative estimate of drug-likeness (QED) is 0.485. The molecule has 3 amide bonds. The van der Waals surface area contributed by atoms with Crippen LogP contribution in [0.25, 0.3) is 0 Å². The van der Waals surface area contributed by atoms with Crippen molar-refractivity contribution in [2.45, 2.75) is 20.0 Å². The van der Waals surface area contributed by atoms with Gasteiger partial charge in [-0.15, -0.1) is 0 Å². The lowest BCUT2D eigenvalue weighted by molar-refractivity contribution is -0.121. The molecule has 0 radical (unpaired) electrons. The second-order valence-electron chi connectivity index (χ2n) is 6.75. The minimum absolute atomic E-state index is 0.00611. The molecule has 0 fully saturated rings. The van der Waals surface area contributed by atoms with E-state index in [0.717, 1.165) is 5.56 Å². The lowest BCUT2D eigenvalue weighted by atomic mass is 10.1. The van der Waals surface area contributed by atoms with Crippen molar-refractivity contribution >= 4 is 17.7 Å². The molecule has 8 heteroatoms. The SMILES string of the molecule is Cc1cccc(C(=O)NCCC(=O)NNC(=O)c2ccc(COc3ccccc3)o2)c1. The number of amides is 3. The van der Waals surface area contributed by atoms with Crippen molar-refractivity contribution in [2.24, 2.45) is 0 Å². The Morgan fingerprint density at radius 3 is 2.48 bits per heavy atom. The molecule has 0 bridgehead atoms. The van der Waals surface area contributed by atoms with Gasteiger partial charge in [-0.3, -0.25) is 25.2 Å². The summed E-state index contributed by atoms with van der Waals surface area (Å²) < 4.78 is 11.0. The zero-order chi connectivity index (χ0) is 22.1. The standard InChI is InChI=1S/C23H23N3O5/c1-16-6-5-7-17(14-16)22(28)24-13-12-21(27)25-26-23(29)20-11-10-19(31-20)15-30-18-8-3-2-4-9-18/h2-11,14H,12-13,15H2,1H3,(H,24,28)(H,25,27)(H,26,29). The molecule has 3 aromatic rings. The Kier molecular flexibility index (Phi) is 7.42. The summed E-state index contributed by atoms with van der Waals surface area (Å²) in [6.45, 7) is 2.20. The molecule has 0 atom stereocenters. The maximum absolute atomic E-state index is 12.1. The number of benzene rings is 2. The van der Waals surface area contributed by atoms with Crippen molar-refractivity contribution < 1.29 is 23.5 Å². The molecule has 1 aromatic heterocycles. The van der Waals surface area contributed by atoms with Gasteiger partial charge in [0.25, 0.3) is 5.91 Å². The van der Waals surface area contributed by atoms with E-state index in [-0.39, 0.29) is 31.2 Å². The van der Waals surface area contributed by atoms with Crippen LogP contribution in [0.3, 0.4) is 0 Å². The number of hydrogen-bond donors (Lipinski definition) is 3. The summed E-state index contributed by atoms with van der Waals surface area (Å²) in [5, 5.41) is 2.66. The normalized spacial score (nSPS) is 10.2. The van der Waals surface area contributed by atoms with Crippen molar-refractivity contribution in [1.29, 1.82) is 0 Å². The predicted octanol–water partition coefficient (Wildman–Crippen LogP) is 2.75. The Morgan fingerprint density at radius 1 is 0.903 bits per heavy atom. The zero-order valence-corrected chi connectivity index (χ0v) is 17.0. The van der Waals surface area contributed by atoms with Crippen LogP contribution in [0.15, 0.2) is 71.1 Å². The van der Waals surface area contributed by atoms with Crippen LogP contribution in [-0.2, 0) is 11.4 Å². The van der Waals surface area contributed by atoms with Crippen LogP contribution in [0.2, 0.25) is 0 Å². The van der Waals surface area contributed by atoms with Crippen LogP contribution in [0.1, 0.15) is 38.7 Å².